The maximum absolute atomic E-state index is 13.6. The second-order valence-corrected chi connectivity index (χ2v) is 25.4. The Balaban J connectivity index is 0.000000162. The molecule has 0 spiro atoms. The van der Waals surface area contributed by atoms with Crippen LogP contribution in [0.2, 0.25) is 0 Å². The first kappa shape index (κ1) is 52.9. The Hall–Kier alpha value is -2.08. The van der Waals surface area contributed by atoms with Crippen LogP contribution in [0.5, 0.6) is 11.5 Å². The molecule has 64 heavy (non-hydrogen) atoms. The standard InChI is InChI=1S/2C12H16OS.2C9H12F4O4S/c2*1-9-7-11(8-10(2)12(9)13)14-5-3-4-6-14;2*10-8(11,9(12,13)18(15,16)17)6-2-5-1-4(6)3-7(5)14/h2*7-8H,3-6H2,1-2H3;2*4-7,14H,1-3H2,(H,15,16,17). The number of aliphatic hydroxyl groups is 2. The molecule has 2 aromatic rings. The Kier molecular flexibility index (Phi) is 16.1. The summed E-state index contributed by atoms with van der Waals surface area (Å²) in [4.78, 5) is 2.91. The highest BCUT2D eigenvalue weighted by Crippen LogP contribution is 2.59. The van der Waals surface area contributed by atoms with Crippen LogP contribution >= 0.6 is 0 Å². The molecule has 2 saturated heterocycles. The van der Waals surface area contributed by atoms with E-state index >= 15 is 0 Å². The van der Waals surface area contributed by atoms with Gasteiger partial charge in [-0.25, -0.2) is 16.8 Å². The molecule has 10 nitrogen and oxygen atoms in total. The third kappa shape index (κ3) is 10.6. The van der Waals surface area contributed by atoms with Gasteiger partial charge in [0.25, 0.3) is 0 Å². The SMILES string of the molecule is Cc1cc([S+]2CCCC2)cc(C)c1O.Cc1cc([S+]2CCCC2)cc(C)c1O.O=S(=O)([O-])C(F)(F)C(F)(F)C1CC2CC1CC2O.O=S(=O)([O-])C(F)(F)C(F)(F)C1CC2CC1CC2O. The Labute approximate surface area is 374 Å². The Morgan fingerprint density at radius 3 is 0.969 bits per heavy atom. The van der Waals surface area contributed by atoms with Crippen molar-refractivity contribution in [2.45, 2.75) is 136 Å². The molecule has 4 bridgehead atoms. The molecule has 8 unspecified atom stereocenters. The summed E-state index contributed by atoms with van der Waals surface area (Å²) in [5, 5.41) is 26.8. The third-order valence-corrected chi connectivity index (χ3v) is 20.4. The summed E-state index contributed by atoms with van der Waals surface area (Å²) < 4.78 is 168. The van der Waals surface area contributed by atoms with Crippen molar-refractivity contribution in [3.63, 3.8) is 0 Å². The summed E-state index contributed by atoms with van der Waals surface area (Å²) in [5.74, 6) is -9.96. The highest BCUT2D eigenvalue weighted by molar-refractivity contribution is 7.97. The van der Waals surface area contributed by atoms with Crippen LogP contribution in [-0.2, 0) is 42.0 Å². The van der Waals surface area contributed by atoms with Crippen molar-refractivity contribution in [3.8, 4) is 11.5 Å². The molecule has 4 saturated carbocycles. The Morgan fingerprint density at radius 2 is 0.766 bits per heavy atom. The highest BCUT2D eigenvalue weighted by Gasteiger charge is 2.70. The third-order valence-electron chi connectivity index (χ3n) is 13.6. The van der Waals surface area contributed by atoms with Gasteiger partial charge in [0, 0.05) is 33.6 Å². The quantitative estimate of drug-likeness (QED) is 0.115. The first-order valence-electron chi connectivity index (χ1n) is 21.1. The van der Waals surface area contributed by atoms with Crippen LogP contribution in [0.3, 0.4) is 0 Å². The van der Waals surface area contributed by atoms with Crippen LogP contribution in [0, 0.1) is 63.2 Å². The lowest BCUT2D eigenvalue weighted by molar-refractivity contribution is -0.205. The van der Waals surface area contributed by atoms with Crippen LogP contribution in [0.4, 0.5) is 35.1 Å². The summed E-state index contributed by atoms with van der Waals surface area (Å²) in [6.45, 7) is 7.97. The van der Waals surface area contributed by atoms with E-state index in [9.17, 15) is 81.5 Å². The van der Waals surface area contributed by atoms with Crippen LogP contribution in [0.15, 0.2) is 34.1 Å². The summed E-state index contributed by atoms with van der Waals surface area (Å²) in [7, 11) is -11.9. The van der Waals surface area contributed by atoms with Gasteiger partial charge in [-0.2, -0.15) is 35.1 Å². The fraction of sp³-hybridized carbons (Fsp3) is 0.714. The van der Waals surface area contributed by atoms with Gasteiger partial charge in [0.1, 0.15) is 34.5 Å². The van der Waals surface area contributed by atoms with Gasteiger partial charge in [-0.15, -0.1) is 0 Å². The summed E-state index contributed by atoms with van der Waals surface area (Å²) in [6, 6.07) is 8.65. The molecule has 2 aromatic carbocycles. The van der Waals surface area contributed by atoms with E-state index in [2.05, 4.69) is 24.3 Å². The van der Waals surface area contributed by atoms with E-state index in [-0.39, 0.29) is 38.5 Å². The fourth-order valence-electron chi connectivity index (χ4n) is 10.1. The van der Waals surface area contributed by atoms with Gasteiger partial charge in [-0.05, 0) is 162 Å². The fourth-order valence-corrected chi connectivity index (χ4v) is 16.0. The van der Waals surface area contributed by atoms with Gasteiger partial charge in [0.05, 0.1) is 12.2 Å². The van der Waals surface area contributed by atoms with E-state index in [0.29, 0.717) is 33.3 Å². The van der Waals surface area contributed by atoms with Gasteiger partial charge in [0.15, 0.2) is 30.0 Å². The van der Waals surface area contributed by atoms with E-state index in [0.717, 1.165) is 22.3 Å². The van der Waals surface area contributed by atoms with Crippen molar-refractivity contribution >= 4 is 42.0 Å². The van der Waals surface area contributed by atoms with Crippen LogP contribution in [0.25, 0.3) is 0 Å². The number of aromatic hydroxyl groups is 2. The van der Waals surface area contributed by atoms with Crippen molar-refractivity contribution in [2.24, 2.45) is 35.5 Å². The minimum atomic E-state index is -6.42. The maximum Gasteiger partial charge on any atom is 0.396 e. The summed E-state index contributed by atoms with van der Waals surface area (Å²) in [6.07, 6.45) is 3.34. The maximum atomic E-state index is 13.6. The molecule has 0 amide bonds. The first-order chi connectivity index (χ1) is 29.3. The number of alkyl halides is 8. The van der Waals surface area contributed by atoms with Crippen LogP contribution in [-0.4, -0.2) is 104 Å². The topological polar surface area (TPSA) is 195 Å². The van der Waals surface area contributed by atoms with Gasteiger partial charge < -0.3 is 29.5 Å². The number of phenolic OH excluding ortho intramolecular Hbond substituents is 2. The normalized spacial score (nSPS) is 28.6. The van der Waals surface area contributed by atoms with E-state index in [1.54, 1.807) is 0 Å². The number of hydrogen-bond donors (Lipinski definition) is 4. The molecule has 0 aromatic heterocycles. The lowest BCUT2D eigenvalue weighted by Gasteiger charge is -2.37. The Morgan fingerprint density at radius 1 is 0.500 bits per heavy atom. The van der Waals surface area contributed by atoms with E-state index < -0.39 is 90.3 Å². The molecule has 364 valence electrons. The number of hydrogen-bond acceptors (Lipinski definition) is 10. The predicted octanol–water partition coefficient (Wildman–Crippen LogP) is 7.89. The smallest absolute Gasteiger partial charge is 0.396 e. The average Bonchev–Trinajstić information content (AvgIpc) is 4.05. The molecule has 6 fully saturated rings. The molecule has 0 radical (unpaired) electrons. The number of halogens is 8. The van der Waals surface area contributed by atoms with Crippen molar-refractivity contribution < 1.29 is 81.5 Å². The number of aliphatic hydroxyl groups excluding tert-OH is 2. The first-order valence-corrected chi connectivity index (χ1v) is 27.0. The number of aryl methyl sites for hydroxylation is 4. The molecule has 4 aliphatic carbocycles. The molecule has 8 atom stereocenters. The lowest BCUT2D eigenvalue weighted by Crippen LogP contribution is -2.53. The van der Waals surface area contributed by atoms with Gasteiger partial charge in [-0.1, -0.05) is 0 Å². The Bertz CT molecular complexity index is 2000. The van der Waals surface area contributed by atoms with E-state index in [1.807, 2.05) is 27.7 Å². The molecule has 2 aliphatic heterocycles. The van der Waals surface area contributed by atoms with Crippen molar-refractivity contribution in [1.82, 2.24) is 0 Å². The van der Waals surface area contributed by atoms with Crippen LogP contribution in [0.1, 0.15) is 86.5 Å². The van der Waals surface area contributed by atoms with E-state index in [4.69, 9.17) is 0 Å². The number of fused-ring (bicyclic) bond motifs is 4. The van der Waals surface area contributed by atoms with E-state index in [1.165, 1.54) is 58.5 Å². The summed E-state index contributed by atoms with van der Waals surface area (Å²) >= 11 is 0. The number of rotatable bonds is 8. The van der Waals surface area contributed by atoms with Gasteiger partial charge in [-0.3, -0.25) is 0 Å². The zero-order valence-corrected chi connectivity index (χ0v) is 39.0. The average molecular weight is 1000 g/mol. The molecule has 4 N–H and O–H groups in total. The number of benzene rings is 2. The zero-order valence-electron chi connectivity index (χ0n) is 35.7. The van der Waals surface area contributed by atoms with Crippen molar-refractivity contribution in [3.05, 3.63) is 46.5 Å². The molecule has 22 heteroatoms. The molecule has 8 rings (SSSR count). The summed E-state index contributed by atoms with van der Waals surface area (Å²) in [5.41, 5.74) is 4.11. The molecular weight excluding hydrogens is 945 g/mol. The van der Waals surface area contributed by atoms with Crippen LogP contribution < -0.4 is 0 Å². The van der Waals surface area contributed by atoms with Gasteiger partial charge in [0.2, 0.25) is 0 Å². The molecule has 6 aliphatic rings. The molecular formula is C42H56F8O10S4. The van der Waals surface area contributed by atoms with Crippen molar-refractivity contribution in [2.75, 3.05) is 23.0 Å². The zero-order chi connectivity index (χ0) is 48.1. The second kappa shape index (κ2) is 19.5. The largest absolute Gasteiger partial charge is 0.743 e. The predicted molar refractivity (Wildman–Crippen MR) is 224 cm³/mol. The molecule has 2 heterocycles. The monoisotopic (exact) mass is 1000 g/mol. The number of phenols is 2. The second-order valence-electron chi connectivity index (χ2n) is 18.0. The van der Waals surface area contributed by atoms with Crippen molar-refractivity contribution in [1.29, 1.82) is 0 Å². The minimum Gasteiger partial charge on any atom is -0.743 e. The highest BCUT2D eigenvalue weighted by atomic mass is 32.2. The van der Waals surface area contributed by atoms with Gasteiger partial charge >= 0.3 is 22.4 Å². The minimum absolute atomic E-state index is 0.0556. The lowest BCUT2D eigenvalue weighted by atomic mass is 9.83.